The predicted octanol–water partition coefficient (Wildman–Crippen LogP) is 1.30. The number of nitrogens with two attached hydrogens (primary N) is 1. The average molecular weight is 563 g/mol. The molecule has 1 unspecified atom stereocenters. The number of rotatable bonds is 6. The van der Waals surface area contributed by atoms with Crippen LogP contribution in [0.5, 0.6) is 0 Å². The number of hydrogen-bond acceptors (Lipinski definition) is 5. The average Bonchev–Trinajstić information content (AvgIpc) is 3.06. The van der Waals surface area contributed by atoms with Crippen LogP contribution in [0.1, 0.15) is 12.0 Å². The molecule has 1 atom stereocenters. The number of aromatic nitrogens is 2. The summed E-state index contributed by atoms with van der Waals surface area (Å²) in [7, 11) is 4.21. The van der Waals surface area contributed by atoms with E-state index < -0.39 is 21.2 Å². The van der Waals surface area contributed by atoms with Crippen LogP contribution >= 0.6 is 0 Å². The van der Waals surface area contributed by atoms with Gasteiger partial charge in [0.05, 0.1) is 0 Å². The first-order valence-electron chi connectivity index (χ1n) is 11.3. The zero-order valence-electron chi connectivity index (χ0n) is 19.3. The van der Waals surface area contributed by atoms with Gasteiger partial charge in [-0.15, -0.1) is 0 Å². The second-order valence-electron chi connectivity index (χ2n) is 8.68. The molecule has 0 bridgehead atoms. The summed E-state index contributed by atoms with van der Waals surface area (Å²) < 4.78 is 5.52. The minimum atomic E-state index is -0.437. The van der Waals surface area contributed by atoms with E-state index in [4.69, 9.17) is 15.8 Å². The van der Waals surface area contributed by atoms with Gasteiger partial charge < -0.3 is 0 Å². The van der Waals surface area contributed by atoms with E-state index in [-0.39, 0.29) is 6.04 Å². The number of likely N-dealkylation sites (N-methyl/N-ethyl adjacent to an activating group) is 1. The number of aliphatic imine (C=N–C) groups is 1. The fourth-order valence-electron chi connectivity index (χ4n) is 4.24. The van der Waals surface area contributed by atoms with Crippen molar-refractivity contribution in [1.82, 2.24) is 19.8 Å². The Morgan fingerprint density at radius 2 is 2.09 bits per heavy atom. The first-order chi connectivity index (χ1) is 16.6. The van der Waals surface area contributed by atoms with E-state index in [1.807, 2.05) is 41.2 Å². The van der Waals surface area contributed by atoms with Gasteiger partial charge >= 0.3 is 211 Å². The SMILES string of the molecule is CN(C)CC1=CC=CC(NC2=C[I-]C(c3c(-c4cccc(N)c4)nn4ccccc34)=CC=N2)C1. The molecule has 0 saturated carbocycles. The number of nitrogens with zero attached hydrogens (tertiary/aromatic N) is 4. The fourth-order valence-corrected chi connectivity index (χ4v) is 6.43. The summed E-state index contributed by atoms with van der Waals surface area (Å²) >= 11 is -0.437. The van der Waals surface area contributed by atoms with Crippen LogP contribution in [0, 0.1) is 0 Å². The van der Waals surface area contributed by atoms with Gasteiger partial charge in [-0.3, -0.25) is 0 Å². The Balaban J connectivity index is 1.41. The number of allylic oxidation sites excluding steroid dienone is 3. The summed E-state index contributed by atoms with van der Waals surface area (Å²) in [5.41, 5.74) is 12.5. The van der Waals surface area contributed by atoms with Crippen molar-refractivity contribution in [3.8, 4) is 11.3 Å². The molecule has 1 aliphatic carbocycles. The number of hydrogen-bond donors (Lipinski definition) is 2. The maximum atomic E-state index is 6.09. The van der Waals surface area contributed by atoms with E-state index in [0.717, 1.165) is 46.8 Å². The molecule has 1 aromatic carbocycles. The van der Waals surface area contributed by atoms with Crippen LogP contribution in [-0.4, -0.2) is 47.4 Å². The van der Waals surface area contributed by atoms with Gasteiger partial charge in [-0.25, -0.2) is 0 Å². The van der Waals surface area contributed by atoms with E-state index in [1.54, 1.807) is 0 Å². The number of anilines is 1. The second-order valence-corrected chi connectivity index (χ2v) is 11.1. The standard InChI is InChI=1S/C27H28IN6/c1-33(2)18-19-7-5-10-22(15-19)31-25-17-28-23(12-13-30-25)26-24-11-3-4-14-34(24)32-27(26)20-8-6-9-21(29)16-20/h3-14,16-17,22,31H,15,18,29H2,1-2H3/q-1. The van der Waals surface area contributed by atoms with E-state index in [9.17, 15) is 0 Å². The van der Waals surface area contributed by atoms with E-state index >= 15 is 0 Å². The number of benzene rings is 1. The monoisotopic (exact) mass is 563 g/mol. The van der Waals surface area contributed by atoms with Gasteiger partial charge in [-0.05, 0) is 0 Å². The molecule has 0 radical (unpaired) electrons. The topological polar surface area (TPSA) is 71.0 Å². The van der Waals surface area contributed by atoms with Crippen LogP contribution in [0.4, 0.5) is 5.69 Å². The molecule has 0 spiro atoms. The molecule has 7 heteroatoms. The molecule has 0 amide bonds. The third-order valence-corrected chi connectivity index (χ3v) is 8.13. The molecule has 34 heavy (non-hydrogen) atoms. The normalized spacial score (nSPS) is 18.2. The molecule has 3 heterocycles. The van der Waals surface area contributed by atoms with Crippen molar-refractivity contribution in [2.24, 2.45) is 4.99 Å². The van der Waals surface area contributed by atoms with Crippen LogP contribution in [-0.2, 0) is 0 Å². The van der Waals surface area contributed by atoms with Crippen molar-refractivity contribution in [3.63, 3.8) is 0 Å². The molecule has 6 nitrogen and oxygen atoms in total. The maximum absolute atomic E-state index is 6.09. The van der Waals surface area contributed by atoms with Crippen molar-refractivity contribution in [2.45, 2.75) is 12.5 Å². The molecule has 2 aliphatic rings. The summed E-state index contributed by atoms with van der Waals surface area (Å²) in [6.45, 7) is 0.977. The van der Waals surface area contributed by atoms with Crippen LogP contribution in [0.3, 0.4) is 0 Å². The summed E-state index contributed by atoms with van der Waals surface area (Å²) in [5.74, 6) is 0.946. The molecule has 1 aliphatic heterocycles. The van der Waals surface area contributed by atoms with Gasteiger partial charge in [0.1, 0.15) is 0 Å². The Hall–Kier alpha value is -3.17. The van der Waals surface area contributed by atoms with Crippen LogP contribution < -0.4 is 32.3 Å². The van der Waals surface area contributed by atoms with Crippen molar-refractivity contribution in [3.05, 3.63) is 94.0 Å². The molecule has 0 fully saturated rings. The van der Waals surface area contributed by atoms with Crippen molar-refractivity contribution in [1.29, 1.82) is 0 Å². The minimum absolute atomic E-state index is 0.258. The van der Waals surface area contributed by atoms with Gasteiger partial charge in [0.2, 0.25) is 0 Å². The quantitative estimate of drug-likeness (QED) is 0.351. The van der Waals surface area contributed by atoms with Crippen molar-refractivity contribution >= 4 is 21.0 Å². The molecule has 0 saturated heterocycles. The predicted molar refractivity (Wildman–Crippen MR) is 137 cm³/mol. The number of halogens is 1. The number of nitrogen functional groups attached to an aromatic ring is 1. The number of fused-ring (bicyclic) bond motifs is 1. The third-order valence-electron chi connectivity index (χ3n) is 5.66. The van der Waals surface area contributed by atoms with Crippen LogP contribution in [0.15, 0.2) is 93.4 Å². The van der Waals surface area contributed by atoms with Gasteiger partial charge in [0, 0.05) is 0 Å². The Labute approximate surface area is 210 Å². The molecular formula is C27H28IN6-. The third kappa shape index (κ3) is 5.00. The van der Waals surface area contributed by atoms with Crippen molar-refractivity contribution in [2.75, 3.05) is 26.4 Å². The van der Waals surface area contributed by atoms with Crippen molar-refractivity contribution < 1.29 is 21.2 Å². The first kappa shape index (κ1) is 22.6. The van der Waals surface area contributed by atoms with Crippen LogP contribution in [0.25, 0.3) is 20.4 Å². The molecule has 5 rings (SSSR count). The molecule has 174 valence electrons. The first-order valence-corrected chi connectivity index (χ1v) is 13.6. The zero-order valence-corrected chi connectivity index (χ0v) is 21.5. The number of nitrogens with one attached hydrogen (secondary N) is 1. The second kappa shape index (κ2) is 9.99. The van der Waals surface area contributed by atoms with E-state index in [2.05, 4.69) is 70.9 Å². The summed E-state index contributed by atoms with van der Waals surface area (Å²) in [6, 6.07) is 14.4. The zero-order chi connectivity index (χ0) is 23.5. The number of pyridine rings is 1. The van der Waals surface area contributed by atoms with Gasteiger partial charge in [-0.1, -0.05) is 0 Å². The summed E-state index contributed by atoms with van der Waals surface area (Å²) in [5, 5.41) is 8.54. The molecule has 3 aromatic rings. The molecular weight excluding hydrogens is 535 g/mol. The van der Waals surface area contributed by atoms with Crippen LogP contribution in [0.2, 0.25) is 0 Å². The Morgan fingerprint density at radius 3 is 2.94 bits per heavy atom. The summed E-state index contributed by atoms with van der Waals surface area (Å²) in [4.78, 5) is 6.93. The van der Waals surface area contributed by atoms with Gasteiger partial charge in [-0.2, -0.15) is 0 Å². The Morgan fingerprint density at radius 1 is 1.18 bits per heavy atom. The Bertz CT molecular complexity index is 1360. The fraction of sp³-hybridized carbons (Fsp3) is 0.185. The molecule has 2 aromatic heterocycles. The summed E-state index contributed by atoms with van der Waals surface area (Å²) in [6.07, 6.45) is 13.6. The molecule has 3 N–H and O–H groups in total. The van der Waals surface area contributed by atoms with E-state index in [1.165, 1.54) is 9.15 Å². The van der Waals surface area contributed by atoms with Gasteiger partial charge in [0.15, 0.2) is 0 Å². The van der Waals surface area contributed by atoms with Gasteiger partial charge in [0.25, 0.3) is 0 Å². The Kier molecular flexibility index (Phi) is 6.64. The van der Waals surface area contributed by atoms with E-state index in [0.29, 0.717) is 0 Å².